The van der Waals surface area contributed by atoms with Crippen molar-refractivity contribution in [1.29, 1.82) is 0 Å². The first-order valence-electron chi connectivity index (χ1n) is 10.1. The summed E-state index contributed by atoms with van der Waals surface area (Å²) in [5, 5.41) is 16.2. The SMILES string of the molecule is COc1ccccc1NC(=O)C1CCN(c2ccc(-n3nc(C)cc3C)nn2)CC1. The molecule has 1 amide bonds. The van der Waals surface area contributed by atoms with E-state index in [1.165, 1.54) is 0 Å². The smallest absolute Gasteiger partial charge is 0.227 e. The number of hydrogen-bond donors (Lipinski definition) is 1. The lowest BCUT2D eigenvalue weighted by Gasteiger charge is -2.31. The quantitative estimate of drug-likeness (QED) is 0.701. The monoisotopic (exact) mass is 406 g/mol. The van der Waals surface area contributed by atoms with Gasteiger partial charge in [0.15, 0.2) is 11.6 Å². The average Bonchev–Trinajstić information content (AvgIpc) is 3.12. The van der Waals surface area contributed by atoms with Gasteiger partial charge in [0.1, 0.15) is 5.75 Å². The second-order valence-corrected chi connectivity index (χ2v) is 7.54. The molecule has 0 aliphatic carbocycles. The lowest BCUT2D eigenvalue weighted by Crippen LogP contribution is -2.38. The van der Waals surface area contributed by atoms with Gasteiger partial charge >= 0.3 is 0 Å². The third-order valence-electron chi connectivity index (χ3n) is 5.42. The largest absolute Gasteiger partial charge is 0.495 e. The van der Waals surface area contributed by atoms with Gasteiger partial charge in [-0.05, 0) is 57.0 Å². The molecule has 0 atom stereocenters. The van der Waals surface area contributed by atoms with Gasteiger partial charge in [0, 0.05) is 24.7 Å². The maximum absolute atomic E-state index is 12.7. The number of rotatable bonds is 5. The maximum Gasteiger partial charge on any atom is 0.227 e. The van der Waals surface area contributed by atoms with Crippen molar-refractivity contribution in [3.8, 4) is 11.6 Å². The first-order valence-corrected chi connectivity index (χ1v) is 10.1. The van der Waals surface area contributed by atoms with Crippen LogP contribution in [-0.2, 0) is 4.79 Å². The molecule has 0 saturated carbocycles. The summed E-state index contributed by atoms with van der Waals surface area (Å²) in [7, 11) is 1.60. The minimum absolute atomic E-state index is 0.0325. The summed E-state index contributed by atoms with van der Waals surface area (Å²) in [6, 6.07) is 13.4. The van der Waals surface area contributed by atoms with Crippen LogP contribution >= 0.6 is 0 Å². The molecule has 0 spiro atoms. The zero-order valence-electron chi connectivity index (χ0n) is 17.5. The lowest BCUT2D eigenvalue weighted by molar-refractivity contribution is -0.120. The molecular formula is C22H26N6O2. The van der Waals surface area contributed by atoms with Gasteiger partial charge in [-0.3, -0.25) is 4.79 Å². The molecule has 0 unspecified atom stereocenters. The van der Waals surface area contributed by atoms with E-state index in [1.54, 1.807) is 11.8 Å². The van der Waals surface area contributed by atoms with Crippen LogP contribution < -0.4 is 15.0 Å². The molecular weight excluding hydrogens is 380 g/mol. The van der Waals surface area contributed by atoms with Gasteiger partial charge in [-0.1, -0.05) is 12.1 Å². The second kappa shape index (κ2) is 8.52. The number of aromatic nitrogens is 4. The number of benzene rings is 1. The van der Waals surface area contributed by atoms with E-state index in [2.05, 4.69) is 25.5 Å². The minimum atomic E-state index is -0.0342. The van der Waals surface area contributed by atoms with E-state index in [0.717, 1.165) is 43.1 Å². The molecule has 0 radical (unpaired) electrons. The lowest BCUT2D eigenvalue weighted by atomic mass is 9.95. The van der Waals surface area contributed by atoms with Gasteiger partial charge in [-0.2, -0.15) is 5.10 Å². The van der Waals surface area contributed by atoms with Crippen molar-refractivity contribution < 1.29 is 9.53 Å². The van der Waals surface area contributed by atoms with Gasteiger partial charge in [-0.25, -0.2) is 4.68 Å². The number of aryl methyl sites for hydroxylation is 2. The molecule has 8 heteroatoms. The zero-order valence-corrected chi connectivity index (χ0v) is 17.5. The standard InChI is InChI=1S/C22H26N6O2/c1-15-14-16(2)28(26-15)21-9-8-20(24-25-21)27-12-10-17(11-13-27)22(29)23-18-6-4-5-7-19(18)30-3/h4-9,14,17H,10-13H2,1-3H3,(H,23,29). The number of nitrogens with one attached hydrogen (secondary N) is 1. The average molecular weight is 406 g/mol. The van der Waals surface area contributed by atoms with Crippen molar-refractivity contribution in [3.63, 3.8) is 0 Å². The molecule has 0 bridgehead atoms. The molecule has 1 aliphatic rings. The highest BCUT2D eigenvalue weighted by Gasteiger charge is 2.26. The van der Waals surface area contributed by atoms with Gasteiger partial charge in [-0.15, -0.1) is 10.2 Å². The van der Waals surface area contributed by atoms with Crippen molar-refractivity contribution >= 4 is 17.4 Å². The number of ether oxygens (including phenoxy) is 1. The molecule has 156 valence electrons. The van der Waals surface area contributed by atoms with Crippen LogP contribution in [0.5, 0.6) is 5.75 Å². The number of carbonyl (C=O) groups excluding carboxylic acids is 1. The van der Waals surface area contributed by atoms with Crippen LogP contribution in [0.25, 0.3) is 5.82 Å². The Bertz CT molecular complexity index is 1020. The second-order valence-electron chi connectivity index (χ2n) is 7.54. The van der Waals surface area contributed by atoms with Crippen molar-refractivity contribution in [1.82, 2.24) is 20.0 Å². The summed E-state index contributed by atoms with van der Waals surface area (Å²) in [5.74, 6) is 2.19. The van der Waals surface area contributed by atoms with Crippen LogP contribution in [0.1, 0.15) is 24.2 Å². The highest BCUT2D eigenvalue weighted by molar-refractivity contribution is 5.94. The molecule has 2 aromatic heterocycles. The summed E-state index contributed by atoms with van der Waals surface area (Å²) in [5.41, 5.74) is 2.68. The number of piperidine rings is 1. The van der Waals surface area contributed by atoms with Gasteiger partial charge < -0.3 is 15.0 Å². The van der Waals surface area contributed by atoms with E-state index in [9.17, 15) is 4.79 Å². The fourth-order valence-electron chi connectivity index (χ4n) is 3.81. The summed E-state index contributed by atoms with van der Waals surface area (Å²) >= 11 is 0. The highest BCUT2D eigenvalue weighted by atomic mass is 16.5. The van der Waals surface area contributed by atoms with E-state index in [4.69, 9.17) is 4.74 Å². The Hall–Kier alpha value is -3.42. The van der Waals surface area contributed by atoms with E-state index in [1.807, 2.05) is 56.3 Å². The fourth-order valence-corrected chi connectivity index (χ4v) is 3.81. The topological polar surface area (TPSA) is 85.2 Å². The molecule has 1 aromatic carbocycles. The van der Waals surface area contributed by atoms with Crippen LogP contribution in [0.3, 0.4) is 0 Å². The zero-order chi connectivity index (χ0) is 21.1. The van der Waals surface area contributed by atoms with Crippen molar-refractivity contribution in [2.75, 3.05) is 30.4 Å². The number of methoxy groups -OCH3 is 1. The normalized spacial score (nSPS) is 14.6. The van der Waals surface area contributed by atoms with Crippen LogP contribution in [0.2, 0.25) is 0 Å². The summed E-state index contributed by atoms with van der Waals surface area (Å²) in [6.07, 6.45) is 1.53. The molecule has 3 aromatic rings. The summed E-state index contributed by atoms with van der Waals surface area (Å²) in [4.78, 5) is 14.9. The van der Waals surface area contributed by atoms with E-state index < -0.39 is 0 Å². The Kier molecular flexibility index (Phi) is 5.65. The molecule has 4 rings (SSSR count). The Balaban J connectivity index is 1.36. The number of carbonyl (C=O) groups is 1. The van der Waals surface area contributed by atoms with Gasteiger partial charge in [0.05, 0.1) is 18.5 Å². The predicted octanol–water partition coefficient (Wildman–Crippen LogP) is 3.14. The van der Waals surface area contributed by atoms with Crippen LogP contribution in [0.4, 0.5) is 11.5 Å². The molecule has 1 aliphatic heterocycles. The number of amides is 1. The Labute approximate surface area is 175 Å². The van der Waals surface area contributed by atoms with Gasteiger partial charge in [0.25, 0.3) is 0 Å². The first-order chi connectivity index (χ1) is 14.5. The van der Waals surface area contributed by atoms with E-state index in [-0.39, 0.29) is 11.8 Å². The molecule has 1 fully saturated rings. The van der Waals surface area contributed by atoms with E-state index in [0.29, 0.717) is 17.3 Å². The third-order valence-corrected chi connectivity index (χ3v) is 5.42. The number of nitrogens with zero attached hydrogens (tertiary/aromatic N) is 5. The highest BCUT2D eigenvalue weighted by Crippen LogP contribution is 2.27. The predicted molar refractivity (Wildman–Crippen MR) is 115 cm³/mol. The fraction of sp³-hybridized carbons (Fsp3) is 0.364. The summed E-state index contributed by atoms with van der Waals surface area (Å²) < 4.78 is 7.11. The molecule has 3 heterocycles. The minimum Gasteiger partial charge on any atom is -0.495 e. The molecule has 8 nitrogen and oxygen atoms in total. The Morgan fingerprint density at radius 3 is 2.40 bits per heavy atom. The van der Waals surface area contributed by atoms with Crippen LogP contribution in [-0.4, -0.2) is 46.1 Å². The van der Waals surface area contributed by atoms with Crippen molar-refractivity contribution in [2.24, 2.45) is 5.92 Å². The third kappa shape index (κ3) is 4.12. The number of hydrogen-bond acceptors (Lipinski definition) is 6. The molecule has 1 saturated heterocycles. The van der Waals surface area contributed by atoms with Crippen LogP contribution in [0.15, 0.2) is 42.5 Å². The molecule has 30 heavy (non-hydrogen) atoms. The Morgan fingerprint density at radius 1 is 1.07 bits per heavy atom. The maximum atomic E-state index is 12.7. The van der Waals surface area contributed by atoms with E-state index >= 15 is 0 Å². The number of para-hydroxylation sites is 2. The number of anilines is 2. The van der Waals surface area contributed by atoms with Gasteiger partial charge in [0.2, 0.25) is 5.91 Å². The Morgan fingerprint density at radius 2 is 1.77 bits per heavy atom. The van der Waals surface area contributed by atoms with Crippen molar-refractivity contribution in [2.45, 2.75) is 26.7 Å². The van der Waals surface area contributed by atoms with Crippen molar-refractivity contribution in [3.05, 3.63) is 53.9 Å². The first kappa shape index (κ1) is 19.9. The van der Waals surface area contributed by atoms with Crippen LogP contribution in [0, 0.1) is 19.8 Å². The summed E-state index contributed by atoms with van der Waals surface area (Å²) in [6.45, 7) is 5.48. The molecule has 1 N–H and O–H groups in total.